The summed E-state index contributed by atoms with van der Waals surface area (Å²) in [5, 5.41) is 10.2. The van der Waals surface area contributed by atoms with Crippen molar-refractivity contribution in [2.75, 3.05) is 103 Å². The summed E-state index contributed by atoms with van der Waals surface area (Å²) in [6.45, 7) is 12.4. The highest BCUT2D eigenvalue weighted by Gasteiger charge is 2.43. The fraction of sp³-hybridized carbons (Fsp3) is 0.565. The van der Waals surface area contributed by atoms with E-state index >= 15 is 0 Å². The van der Waals surface area contributed by atoms with Crippen LogP contribution in [0.25, 0.3) is 17.4 Å². The molecule has 4 rings (SSSR count). The van der Waals surface area contributed by atoms with Gasteiger partial charge in [-0.05, 0) is 85.2 Å². The van der Waals surface area contributed by atoms with Crippen LogP contribution in [-0.4, -0.2) is 148 Å². The summed E-state index contributed by atoms with van der Waals surface area (Å²) in [6, 6.07) is 11.7. The van der Waals surface area contributed by atoms with Crippen molar-refractivity contribution in [2.45, 2.75) is 75.5 Å². The van der Waals surface area contributed by atoms with Crippen molar-refractivity contribution < 1.29 is 76.9 Å². The first kappa shape index (κ1) is 56.5. The number of benzene rings is 2. The molecule has 0 bridgehead atoms. The van der Waals surface area contributed by atoms with Gasteiger partial charge >= 0.3 is 5.97 Å². The molecule has 0 aromatic heterocycles. The molecule has 2 aliphatic heterocycles. The molecule has 1 aliphatic carbocycles. The standard InChI is InChI=1S/C46H66N2O17S3/c1-45(2,3)39-33-36(10-6-11-43-46(4,17-7-12-44(49)50)40-34-37(68(57,58)59)14-16-41(40)48(43)19-9-31-67(54,55)56)65-42-32-35(13-15-38(39)42)47(18-8-30-66(51,52)53)20-21-61-24-25-63-28-29-64-27-26-62-23-22-60-5/h6,10-11,13-16,32-34H,7-9,12,17-31H2,1-5H3,(H3-,49,50,51,52,53,54,55,56,57,58,59)/p+1. The van der Waals surface area contributed by atoms with Gasteiger partial charge in [0.05, 0.1) is 75.3 Å². The lowest BCUT2D eigenvalue weighted by Crippen LogP contribution is -2.35. The van der Waals surface area contributed by atoms with E-state index < -0.39 is 53.2 Å². The van der Waals surface area contributed by atoms with Crippen molar-refractivity contribution in [3.8, 4) is 11.3 Å². The summed E-state index contributed by atoms with van der Waals surface area (Å²) in [4.78, 5) is 13.1. The summed E-state index contributed by atoms with van der Waals surface area (Å²) in [7, 11) is -11.5. The molecule has 0 spiro atoms. The van der Waals surface area contributed by atoms with E-state index in [0.717, 1.165) is 11.1 Å². The van der Waals surface area contributed by atoms with Crippen LogP contribution in [0.4, 0.5) is 5.69 Å². The van der Waals surface area contributed by atoms with Gasteiger partial charge in [-0.1, -0.05) is 26.8 Å². The number of nitrogens with zero attached hydrogens (tertiary/aromatic N) is 2. The van der Waals surface area contributed by atoms with Crippen LogP contribution in [0.15, 0.2) is 69.6 Å². The molecule has 3 aliphatic rings. The van der Waals surface area contributed by atoms with Crippen molar-refractivity contribution in [2.24, 2.45) is 0 Å². The Labute approximate surface area is 400 Å². The second-order valence-corrected chi connectivity index (χ2v) is 22.1. The molecule has 19 nitrogen and oxygen atoms in total. The molecule has 1 aromatic rings. The zero-order valence-corrected chi connectivity index (χ0v) is 41.9. The van der Waals surface area contributed by atoms with Crippen LogP contribution in [0.5, 0.6) is 0 Å². The van der Waals surface area contributed by atoms with Crippen LogP contribution in [0.2, 0.25) is 0 Å². The Hall–Kier alpha value is -4.07. The zero-order valence-electron chi connectivity index (χ0n) is 39.4. The number of carboxylic acid groups (broad SMARTS) is 1. The van der Waals surface area contributed by atoms with Crippen LogP contribution >= 0.6 is 0 Å². The second kappa shape index (κ2) is 25.7. The highest BCUT2D eigenvalue weighted by Crippen LogP contribution is 2.51. The van der Waals surface area contributed by atoms with Gasteiger partial charge in [-0.15, -0.1) is 0 Å². The Bertz CT molecular complexity index is 2580. The molecule has 0 amide bonds. The zero-order chi connectivity index (χ0) is 50.2. The molecule has 68 heavy (non-hydrogen) atoms. The predicted molar refractivity (Wildman–Crippen MR) is 256 cm³/mol. The van der Waals surface area contributed by atoms with E-state index in [-0.39, 0.29) is 62.1 Å². The first-order valence-electron chi connectivity index (χ1n) is 22.3. The van der Waals surface area contributed by atoms with Crippen molar-refractivity contribution in [3.05, 3.63) is 82.6 Å². The van der Waals surface area contributed by atoms with E-state index in [1.165, 1.54) is 18.2 Å². The van der Waals surface area contributed by atoms with Gasteiger partial charge in [-0.3, -0.25) is 18.5 Å². The smallest absolute Gasteiger partial charge is 0.303 e. The Morgan fingerprint density at radius 2 is 1.38 bits per heavy atom. The molecule has 0 radical (unpaired) electrons. The van der Waals surface area contributed by atoms with E-state index in [2.05, 4.69) is 20.8 Å². The lowest BCUT2D eigenvalue weighted by Gasteiger charge is -2.30. The van der Waals surface area contributed by atoms with Crippen LogP contribution in [0.3, 0.4) is 0 Å². The van der Waals surface area contributed by atoms with Crippen LogP contribution in [0.1, 0.15) is 76.7 Å². The normalized spacial score (nSPS) is 16.9. The number of anilines is 1. The number of hydrogen-bond acceptors (Lipinski definition) is 14. The van der Waals surface area contributed by atoms with Crippen molar-refractivity contribution in [3.63, 3.8) is 0 Å². The van der Waals surface area contributed by atoms with Gasteiger partial charge in [-0.2, -0.15) is 25.3 Å². The molecule has 380 valence electrons. The summed E-state index contributed by atoms with van der Waals surface area (Å²) < 4.78 is 136. The third-order valence-corrected chi connectivity index (χ3v) is 13.7. The molecule has 0 fully saturated rings. The summed E-state index contributed by atoms with van der Waals surface area (Å²) in [6.07, 6.45) is 5.65. The Balaban J connectivity index is 1.68. The van der Waals surface area contributed by atoms with Gasteiger partial charge in [0, 0.05) is 54.9 Å². The molecule has 1 aromatic carbocycles. The number of aliphatic carboxylic acids is 1. The molecule has 0 saturated heterocycles. The molecule has 1 atom stereocenters. The fourth-order valence-corrected chi connectivity index (χ4v) is 9.40. The monoisotopic (exact) mass is 1020 g/mol. The van der Waals surface area contributed by atoms with Crippen LogP contribution in [-0.2, 0) is 69.7 Å². The number of ether oxygens (including phenoxy) is 5. The van der Waals surface area contributed by atoms with E-state index in [4.69, 9.17) is 28.1 Å². The molecule has 4 N–H and O–H groups in total. The second-order valence-electron chi connectivity index (χ2n) is 17.5. The quantitative estimate of drug-likeness (QED) is 0.0393. The van der Waals surface area contributed by atoms with Gasteiger partial charge in [0.25, 0.3) is 30.4 Å². The van der Waals surface area contributed by atoms with Gasteiger partial charge in [0.1, 0.15) is 24.7 Å². The van der Waals surface area contributed by atoms with E-state index in [9.17, 15) is 48.8 Å². The number of fused-ring (bicyclic) bond motifs is 2. The molecular formula is C46H67N2O17S3+. The Morgan fingerprint density at radius 1 is 0.779 bits per heavy atom. The van der Waals surface area contributed by atoms with Gasteiger partial charge in [0.15, 0.2) is 6.54 Å². The molecule has 22 heteroatoms. The largest absolute Gasteiger partial charge is 0.481 e. The van der Waals surface area contributed by atoms with Crippen molar-refractivity contribution >= 4 is 48.1 Å². The fourth-order valence-electron chi connectivity index (χ4n) is 7.91. The van der Waals surface area contributed by atoms with Crippen molar-refractivity contribution in [1.82, 2.24) is 4.58 Å². The van der Waals surface area contributed by atoms with Crippen LogP contribution in [0, 0.1) is 0 Å². The van der Waals surface area contributed by atoms with Gasteiger partial charge < -0.3 is 38.1 Å². The predicted octanol–water partition coefficient (Wildman–Crippen LogP) is 4.90. The number of hydrogen-bond donors (Lipinski definition) is 4. The summed E-state index contributed by atoms with van der Waals surface area (Å²) in [5.41, 5.74) is 2.02. The first-order valence-corrected chi connectivity index (χ1v) is 27.0. The Morgan fingerprint density at radius 3 is 1.96 bits per heavy atom. The van der Waals surface area contributed by atoms with Crippen LogP contribution < -0.4 is 14.8 Å². The highest BCUT2D eigenvalue weighted by molar-refractivity contribution is 7.86. The number of carbonyl (C=O) groups is 1. The SMILES string of the molecule is COCCOCCOCCOCCOCC[N+](CCCS(=O)(=O)O)=c1ccc2c(C(C)(C)C)cc(C=CC=C3N(CCCS(=O)(=O)O)c4ccc(S(=O)(=O)O)cc4C3(C)CCCC(=O)O)oc-2c1. The van der Waals surface area contributed by atoms with E-state index in [0.29, 0.717) is 93.2 Å². The average molecular weight is 1020 g/mol. The molecular weight excluding hydrogens is 949 g/mol. The minimum absolute atomic E-state index is 0.00131. The van der Waals surface area contributed by atoms with E-state index in [1.807, 2.05) is 35.8 Å². The average Bonchev–Trinajstić information content (AvgIpc) is 3.46. The maximum atomic E-state index is 12.3. The maximum absolute atomic E-state index is 12.3. The number of allylic oxidation sites excluding steroid dienone is 3. The molecule has 0 saturated carbocycles. The minimum atomic E-state index is -4.63. The highest BCUT2D eigenvalue weighted by atomic mass is 32.2. The minimum Gasteiger partial charge on any atom is -0.481 e. The summed E-state index contributed by atoms with van der Waals surface area (Å²) in [5.74, 6) is -1.02. The lowest BCUT2D eigenvalue weighted by atomic mass is 9.77. The Kier molecular flexibility index (Phi) is 21.4. The number of rotatable bonds is 30. The van der Waals surface area contributed by atoms with Gasteiger partial charge in [-0.25, -0.2) is 4.58 Å². The summed E-state index contributed by atoms with van der Waals surface area (Å²) >= 11 is 0. The maximum Gasteiger partial charge on any atom is 0.303 e. The van der Waals surface area contributed by atoms with Crippen molar-refractivity contribution in [1.29, 1.82) is 0 Å². The van der Waals surface area contributed by atoms with E-state index in [1.54, 1.807) is 30.2 Å². The molecule has 1 unspecified atom stereocenters. The van der Waals surface area contributed by atoms with Gasteiger partial charge in [0.2, 0.25) is 5.36 Å². The lowest BCUT2D eigenvalue weighted by molar-refractivity contribution is -0.137. The number of carboxylic acids is 1. The third kappa shape index (κ3) is 18.0. The molecule has 2 heterocycles. The third-order valence-electron chi connectivity index (χ3n) is 11.2. The first-order chi connectivity index (χ1) is 31.9. The number of methoxy groups -OCH3 is 1. The topological polar surface area (TPSA) is 266 Å².